The highest BCUT2D eigenvalue weighted by Crippen LogP contribution is 2.04. The van der Waals surface area contributed by atoms with Crippen LogP contribution in [0.5, 0.6) is 0 Å². The van der Waals surface area contributed by atoms with Gasteiger partial charge in [0.1, 0.15) is 0 Å². The van der Waals surface area contributed by atoms with Gasteiger partial charge in [-0.3, -0.25) is 0 Å². The monoisotopic (exact) mass is 350 g/mol. The first-order valence-corrected chi connectivity index (χ1v) is 9.26. The summed E-state index contributed by atoms with van der Waals surface area (Å²) in [6, 6.07) is 0. The SMILES string of the molecule is CCCCCCCC.CCCCCCCC.O=C(O)OOC(=O)O. The summed E-state index contributed by atoms with van der Waals surface area (Å²) in [5, 5.41) is 15.1. The Balaban J connectivity index is -0.000000276. The van der Waals surface area contributed by atoms with Gasteiger partial charge >= 0.3 is 12.3 Å². The van der Waals surface area contributed by atoms with E-state index in [0.29, 0.717) is 0 Å². The van der Waals surface area contributed by atoms with Gasteiger partial charge in [-0.2, -0.15) is 0 Å². The van der Waals surface area contributed by atoms with Crippen molar-refractivity contribution in [3.63, 3.8) is 0 Å². The number of carbonyl (C=O) groups is 2. The summed E-state index contributed by atoms with van der Waals surface area (Å²) < 4.78 is 0. The molecule has 2 N–H and O–H groups in total. The minimum Gasteiger partial charge on any atom is -0.447 e. The molecule has 146 valence electrons. The number of rotatable bonds is 10. The van der Waals surface area contributed by atoms with E-state index >= 15 is 0 Å². The normalized spacial score (nSPS) is 9.00. The molecule has 0 aliphatic rings. The first kappa shape index (κ1) is 27.4. The van der Waals surface area contributed by atoms with E-state index in [2.05, 4.69) is 37.5 Å². The van der Waals surface area contributed by atoms with Gasteiger partial charge in [-0.15, -0.1) is 0 Å². The molecule has 0 unspecified atom stereocenters. The third kappa shape index (κ3) is 42.8. The van der Waals surface area contributed by atoms with Crippen LogP contribution in [0.2, 0.25) is 0 Å². The van der Waals surface area contributed by atoms with Crippen LogP contribution in [0.25, 0.3) is 0 Å². The van der Waals surface area contributed by atoms with E-state index < -0.39 is 12.3 Å². The van der Waals surface area contributed by atoms with Gasteiger partial charge in [0.25, 0.3) is 0 Å². The molecule has 24 heavy (non-hydrogen) atoms. The van der Waals surface area contributed by atoms with Gasteiger partial charge in [0.2, 0.25) is 0 Å². The number of carboxylic acid groups (broad SMARTS) is 2. The summed E-state index contributed by atoms with van der Waals surface area (Å²) in [5.74, 6) is 0. The zero-order valence-electron chi connectivity index (χ0n) is 16.0. The molecule has 0 amide bonds. The van der Waals surface area contributed by atoms with Gasteiger partial charge in [-0.05, 0) is 0 Å². The second-order valence-corrected chi connectivity index (χ2v) is 5.53. The van der Waals surface area contributed by atoms with Crippen LogP contribution in [0, 0.1) is 0 Å². The van der Waals surface area contributed by atoms with Crippen molar-refractivity contribution in [1.82, 2.24) is 0 Å². The first-order valence-electron chi connectivity index (χ1n) is 9.26. The van der Waals surface area contributed by atoms with Crippen LogP contribution in [0.1, 0.15) is 105 Å². The molecule has 0 heterocycles. The summed E-state index contributed by atoms with van der Waals surface area (Å²) in [6.07, 6.45) is 13.4. The number of hydrogen-bond donors (Lipinski definition) is 2. The number of hydrogen-bond acceptors (Lipinski definition) is 4. The fraction of sp³-hybridized carbons (Fsp3) is 0.889. The van der Waals surface area contributed by atoms with Crippen molar-refractivity contribution >= 4 is 12.3 Å². The lowest BCUT2D eigenvalue weighted by Crippen LogP contribution is -2.05. The van der Waals surface area contributed by atoms with Crippen molar-refractivity contribution in [2.75, 3.05) is 0 Å². The molecule has 0 aromatic heterocycles. The molecular formula is C18H38O6. The van der Waals surface area contributed by atoms with E-state index in [0.717, 1.165) is 0 Å². The smallest absolute Gasteiger partial charge is 0.447 e. The fourth-order valence-electron chi connectivity index (χ4n) is 1.78. The van der Waals surface area contributed by atoms with Crippen LogP contribution in [0.4, 0.5) is 9.59 Å². The summed E-state index contributed by atoms with van der Waals surface area (Å²) in [5.41, 5.74) is 0. The van der Waals surface area contributed by atoms with Crippen molar-refractivity contribution in [2.24, 2.45) is 0 Å². The molecule has 0 fully saturated rings. The predicted octanol–water partition coefficient (Wildman–Crippen LogP) is 7.02. The Morgan fingerprint density at radius 1 is 0.542 bits per heavy atom. The molecule has 0 radical (unpaired) electrons. The zero-order chi connectivity index (χ0) is 19.1. The van der Waals surface area contributed by atoms with Crippen molar-refractivity contribution in [3.05, 3.63) is 0 Å². The van der Waals surface area contributed by atoms with E-state index in [1.54, 1.807) is 0 Å². The zero-order valence-corrected chi connectivity index (χ0v) is 16.0. The molecule has 0 saturated carbocycles. The second-order valence-electron chi connectivity index (χ2n) is 5.53. The molecule has 0 aromatic rings. The maximum absolute atomic E-state index is 9.29. The minimum atomic E-state index is -1.80. The van der Waals surface area contributed by atoms with E-state index in [1.807, 2.05) is 0 Å². The molecule has 0 aromatic carbocycles. The molecule has 0 aliphatic carbocycles. The molecule has 0 rings (SSSR count). The van der Waals surface area contributed by atoms with Gasteiger partial charge in [-0.1, -0.05) is 105 Å². The average Bonchev–Trinajstić information content (AvgIpc) is 2.55. The first-order chi connectivity index (χ1) is 11.5. The summed E-state index contributed by atoms with van der Waals surface area (Å²) in [4.78, 5) is 24.8. The quantitative estimate of drug-likeness (QED) is 0.250. The highest BCUT2D eigenvalue weighted by Gasteiger charge is 2.01. The Labute approximate surface area is 147 Å². The molecule has 0 spiro atoms. The maximum Gasteiger partial charge on any atom is 0.547 e. The maximum atomic E-state index is 9.29. The standard InChI is InChI=1S/2C8H18.C2H2O6/c2*1-3-5-7-8-6-4-2;3-1(4)7-8-2(5)6/h2*3-8H2,1-2H3;(H,3,4)(H,5,6). The molecule has 0 aliphatic heterocycles. The molecular weight excluding hydrogens is 312 g/mol. The van der Waals surface area contributed by atoms with Crippen molar-refractivity contribution < 1.29 is 29.6 Å². The highest BCUT2D eigenvalue weighted by atomic mass is 17.2. The minimum absolute atomic E-state index is 1.36. The van der Waals surface area contributed by atoms with Crippen molar-refractivity contribution in [2.45, 2.75) is 105 Å². The van der Waals surface area contributed by atoms with Crippen molar-refractivity contribution in [1.29, 1.82) is 0 Å². The third-order valence-electron chi connectivity index (χ3n) is 3.10. The summed E-state index contributed by atoms with van der Waals surface area (Å²) >= 11 is 0. The molecule has 6 nitrogen and oxygen atoms in total. The van der Waals surface area contributed by atoms with Crippen LogP contribution in [-0.2, 0) is 9.78 Å². The summed E-state index contributed by atoms with van der Waals surface area (Å²) in [7, 11) is 0. The Bertz CT molecular complexity index is 218. The van der Waals surface area contributed by atoms with E-state index in [9.17, 15) is 9.59 Å². The van der Waals surface area contributed by atoms with Gasteiger partial charge in [-0.25, -0.2) is 19.4 Å². The Morgan fingerprint density at radius 3 is 0.875 bits per heavy atom. The lowest BCUT2D eigenvalue weighted by Gasteiger charge is -1.93. The van der Waals surface area contributed by atoms with Gasteiger partial charge in [0.05, 0.1) is 0 Å². The Morgan fingerprint density at radius 2 is 0.750 bits per heavy atom. The molecule has 0 atom stereocenters. The lowest BCUT2D eigenvalue weighted by molar-refractivity contribution is -0.208. The van der Waals surface area contributed by atoms with Crippen LogP contribution in [-0.4, -0.2) is 22.5 Å². The third-order valence-corrected chi connectivity index (χ3v) is 3.10. The molecule has 0 saturated heterocycles. The lowest BCUT2D eigenvalue weighted by atomic mass is 10.1. The fourth-order valence-corrected chi connectivity index (χ4v) is 1.78. The van der Waals surface area contributed by atoms with E-state index in [1.165, 1.54) is 77.0 Å². The number of unbranched alkanes of at least 4 members (excludes halogenated alkanes) is 10. The summed E-state index contributed by atoms with van der Waals surface area (Å²) in [6.45, 7) is 9.02. The van der Waals surface area contributed by atoms with Crippen LogP contribution >= 0.6 is 0 Å². The van der Waals surface area contributed by atoms with E-state index in [-0.39, 0.29) is 0 Å². The average molecular weight is 350 g/mol. The molecule has 6 heteroatoms. The predicted molar refractivity (Wildman–Crippen MR) is 96.3 cm³/mol. The van der Waals surface area contributed by atoms with Gasteiger partial charge < -0.3 is 10.2 Å². The van der Waals surface area contributed by atoms with Crippen LogP contribution in [0.3, 0.4) is 0 Å². The Kier molecular flexibility index (Phi) is 30.2. The van der Waals surface area contributed by atoms with Gasteiger partial charge in [0, 0.05) is 0 Å². The van der Waals surface area contributed by atoms with E-state index in [4.69, 9.17) is 10.2 Å². The topological polar surface area (TPSA) is 93.1 Å². The Hall–Kier alpha value is -1.46. The highest BCUT2D eigenvalue weighted by molar-refractivity contribution is 5.60. The van der Waals surface area contributed by atoms with Crippen LogP contribution in [0.15, 0.2) is 0 Å². The van der Waals surface area contributed by atoms with Crippen molar-refractivity contribution in [3.8, 4) is 0 Å². The molecule has 0 bridgehead atoms. The van der Waals surface area contributed by atoms with Gasteiger partial charge in [0.15, 0.2) is 0 Å². The van der Waals surface area contributed by atoms with Crippen LogP contribution < -0.4 is 0 Å². The largest absolute Gasteiger partial charge is 0.547 e. The second kappa shape index (κ2) is 26.4.